The van der Waals surface area contributed by atoms with Crippen LogP contribution in [0.15, 0.2) is 48.5 Å². The number of halogens is 2. The molecule has 1 aromatic heterocycles. The van der Waals surface area contributed by atoms with E-state index in [0.717, 1.165) is 51.3 Å². The smallest absolute Gasteiger partial charge is 0.328 e. The Balaban J connectivity index is 0.00000240. The molecule has 0 spiro atoms. The van der Waals surface area contributed by atoms with Crippen molar-refractivity contribution in [1.82, 2.24) is 4.98 Å². The van der Waals surface area contributed by atoms with Gasteiger partial charge in [-0.2, -0.15) is 0 Å². The molecule has 0 bridgehead atoms. The fourth-order valence-electron chi connectivity index (χ4n) is 3.56. The Morgan fingerprint density at radius 2 is 1.74 bits per heavy atom. The summed E-state index contributed by atoms with van der Waals surface area (Å²) < 4.78 is 0. The van der Waals surface area contributed by atoms with E-state index in [1.807, 2.05) is 18.2 Å². The van der Waals surface area contributed by atoms with Crippen molar-refractivity contribution in [1.29, 1.82) is 0 Å². The lowest BCUT2D eigenvalue weighted by atomic mass is 9.85. The number of carboxylic acids is 1. The second-order valence-corrected chi connectivity index (χ2v) is 8.67. The largest absolute Gasteiger partial charge is 0.478 e. The topological polar surface area (TPSA) is 76.2 Å². The van der Waals surface area contributed by atoms with Crippen LogP contribution < -0.4 is 5.73 Å². The minimum absolute atomic E-state index is 0. The highest BCUT2D eigenvalue weighted by Gasteiger charge is 2.20. The van der Waals surface area contributed by atoms with Crippen molar-refractivity contribution in [3.8, 4) is 11.1 Å². The molecule has 0 saturated carbocycles. The maximum Gasteiger partial charge on any atom is 0.328 e. The van der Waals surface area contributed by atoms with E-state index in [4.69, 9.17) is 15.8 Å². The molecule has 0 saturated heterocycles. The van der Waals surface area contributed by atoms with Gasteiger partial charge >= 0.3 is 5.97 Å². The normalized spacial score (nSPS) is 11.3. The number of aliphatic carboxylic acids is 1. The zero-order chi connectivity index (χ0) is 21.2. The number of fused-ring (bicyclic) bond motifs is 1. The Kier molecular flexibility index (Phi) is 9.25. The zero-order valence-corrected chi connectivity index (χ0v) is 19.9. The van der Waals surface area contributed by atoms with E-state index >= 15 is 0 Å². The van der Waals surface area contributed by atoms with Crippen LogP contribution in [0, 0.1) is 12.3 Å². The number of rotatable bonds is 5. The van der Waals surface area contributed by atoms with E-state index in [-0.39, 0.29) is 30.2 Å². The van der Waals surface area contributed by atoms with E-state index in [9.17, 15) is 4.79 Å². The third-order valence-corrected chi connectivity index (χ3v) is 4.86. The van der Waals surface area contributed by atoms with Crippen LogP contribution in [-0.4, -0.2) is 16.1 Å². The van der Waals surface area contributed by atoms with Gasteiger partial charge in [0.25, 0.3) is 0 Å². The van der Waals surface area contributed by atoms with Gasteiger partial charge in [-0.15, -0.1) is 24.8 Å². The number of carbonyl (C=O) groups is 1. The average Bonchev–Trinajstić information content (AvgIpc) is 2.65. The van der Waals surface area contributed by atoms with Crippen LogP contribution in [0.2, 0.25) is 0 Å². The standard InChI is InChI=1S/C25H28N2O2.2ClH/c1-16-5-9-18(10-6-16)24-19-13-17(8-12-23(28)29)7-11-21(19)27-22(20(24)15-26)14-25(2,3)4;;/h5-13H,14-15,26H2,1-4H3,(H,28,29);2*1H/b12-8+;;. The third-order valence-electron chi connectivity index (χ3n) is 4.86. The number of aryl methyl sites for hydroxylation is 1. The number of nitrogens with two attached hydrogens (primary N) is 1. The second-order valence-electron chi connectivity index (χ2n) is 8.67. The molecule has 3 aromatic rings. The van der Waals surface area contributed by atoms with Crippen molar-refractivity contribution in [3.05, 3.63) is 70.9 Å². The fourth-order valence-corrected chi connectivity index (χ4v) is 3.56. The van der Waals surface area contributed by atoms with Crippen molar-refractivity contribution in [2.75, 3.05) is 0 Å². The number of hydrogen-bond acceptors (Lipinski definition) is 3. The minimum atomic E-state index is -0.967. The minimum Gasteiger partial charge on any atom is -0.478 e. The monoisotopic (exact) mass is 460 g/mol. The summed E-state index contributed by atoms with van der Waals surface area (Å²) in [5, 5.41) is 9.94. The summed E-state index contributed by atoms with van der Waals surface area (Å²) in [4.78, 5) is 15.9. The van der Waals surface area contributed by atoms with Crippen LogP contribution in [0.3, 0.4) is 0 Å². The Morgan fingerprint density at radius 3 is 2.29 bits per heavy atom. The molecule has 3 N–H and O–H groups in total. The number of hydrogen-bond donors (Lipinski definition) is 2. The van der Waals surface area contributed by atoms with Gasteiger partial charge in [0.15, 0.2) is 0 Å². The van der Waals surface area contributed by atoms with E-state index in [1.165, 1.54) is 5.56 Å². The van der Waals surface area contributed by atoms with Gasteiger partial charge < -0.3 is 10.8 Å². The van der Waals surface area contributed by atoms with Crippen molar-refractivity contribution in [3.63, 3.8) is 0 Å². The molecule has 0 radical (unpaired) electrons. The highest BCUT2D eigenvalue weighted by atomic mass is 35.5. The van der Waals surface area contributed by atoms with Gasteiger partial charge in [0.1, 0.15) is 0 Å². The van der Waals surface area contributed by atoms with Gasteiger partial charge in [0, 0.05) is 23.7 Å². The van der Waals surface area contributed by atoms with Crippen LogP contribution in [0.1, 0.15) is 43.2 Å². The summed E-state index contributed by atoms with van der Waals surface area (Å²) in [6.07, 6.45) is 3.58. The predicted octanol–water partition coefficient (Wildman–Crippen LogP) is 6.20. The van der Waals surface area contributed by atoms with Gasteiger partial charge in [-0.1, -0.05) is 56.7 Å². The first-order valence-electron chi connectivity index (χ1n) is 9.81. The lowest BCUT2D eigenvalue weighted by molar-refractivity contribution is -0.131. The highest BCUT2D eigenvalue weighted by molar-refractivity contribution is 5.98. The van der Waals surface area contributed by atoms with Crippen molar-refractivity contribution < 1.29 is 9.90 Å². The Bertz CT molecular complexity index is 1090. The number of aromatic nitrogens is 1. The molecule has 166 valence electrons. The lowest BCUT2D eigenvalue weighted by Crippen LogP contribution is -2.15. The Hall–Kier alpha value is -2.40. The fraction of sp³-hybridized carbons (Fsp3) is 0.280. The van der Waals surface area contributed by atoms with E-state index < -0.39 is 5.97 Å². The molecular formula is C25H30Cl2N2O2. The van der Waals surface area contributed by atoms with Crippen LogP contribution >= 0.6 is 24.8 Å². The van der Waals surface area contributed by atoms with Crippen molar-refractivity contribution in [2.45, 2.75) is 40.7 Å². The molecular weight excluding hydrogens is 431 g/mol. The molecule has 0 atom stereocenters. The van der Waals surface area contributed by atoms with Gasteiger partial charge in [0.05, 0.1) is 5.52 Å². The molecule has 4 nitrogen and oxygen atoms in total. The first kappa shape index (κ1) is 26.6. The number of benzene rings is 2. The average molecular weight is 461 g/mol. The molecule has 0 aliphatic heterocycles. The molecule has 6 heteroatoms. The van der Waals surface area contributed by atoms with E-state index in [0.29, 0.717) is 6.54 Å². The summed E-state index contributed by atoms with van der Waals surface area (Å²) in [5.74, 6) is -0.967. The lowest BCUT2D eigenvalue weighted by Gasteiger charge is -2.23. The molecule has 0 aliphatic rings. The van der Waals surface area contributed by atoms with Crippen molar-refractivity contribution in [2.24, 2.45) is 11.1 Å². The molecule has 3 rings (SSSR count). The molecule has 0 amide bonds. The molecule has 31 heavy (non-hydrogen) atoms. The summed E-state index contributed by atoms with van der Waals surface area (Å²) in [6.45, 7) is 9.06. The Morgan fingerprint density at radius 1 is 1.10 bits per heavy atom. The summed E-state index contributed by atoms with van der Waals surface area (Å²) in [7, 11) is 0. The maximum absolute atomic E-state index is 10.9. The molecule has 2 aromatic carbocycles. The third kappa shape index (κ3) is 6.54. The van der Waals surface area contributed by atoms with Gasteiger partial charge in [-0.25, -0.2) is 4.79 Å². The molecule has 0 fully saturated rings. The number of pyridine rings is 1. The first-order valence-corrected chi connectivity index (χ1v) is 9.81. The quantitative estimate of drug-likeness (QED) is 0.444. The van der Waals surface area contributed by atoms with E-state index in [2.05, 4.69) is 52.0 Å². The van der Waals surface area contributed by atoms with Gasteiger partial charge in [-0.3, -0.25) is 4.98 Å². The SMILES string of the molecule is Cc1ccc(-c2c(CN)c(CC(C)(C)C)nc3ccc(/C=C/C(=O)O)cc23)cc1.Cl.Cl. The summed E-state index contributed by atoms with van der Waals surface area (Å²) >= 11 is 0. The van der Waals surface area contributed by atoms with E-state index in [1.54, 1.807) is 6.08 Å². The van der Waals surface area contributed by atoms with Crippen LogP contribution in [-0.2, 0) is 17.8 Å². The van der Waals surface area contributed by atoms with Crippen molar-refractivity contribution >= 4 is 47.8 Å². The first-order chi connectivity index (χ1) is 13.7. The predicted molar refractivity (Wildman–Crippen MR) is 134 cm³/mol. The van der Waals surface area contributed by atoms with Crippen LogP contribution in [0.4, 0.5) is 0 Å². The molecule has 0 aliphatic carbocycles. The molecule has 1 heterocycles. The second kappa shape index (κ2) is 10.8. The van der Waals surface area contributed by atoms with Crippen LogP contribution in [0.5, 0.6) is 0 Å². The summed E-state index contributed by atoms with van der Waals surface area (Å²) in [5.41, 5.74) is 13.5. The molecule has 0 unspecified atom stereocenters. The maximum atomic E-state index is 10.9. The van der Waals surface area contributed by atoms with Gasteiger partial charge in [0.2, 0.25) is 0 Å². The zero-order valence-electron chi connectivity index (χ0n) is 18.3. The van der Waals surface area contributed by atoms with Gasteiger partial charge in [-0.05, 0) is 59.2 Å². The Labute approximate surface area is 196 Å². The highest BCUT2D eigenvalue weighted by Crippen LogP contribution is 2.36. The number of carboxylic acid groups (broad SMARTS) is 1. The van der Waals surface area contributed by atoms with Crippen LogP contribution in [0.25, 0.3) is 28.1 Å². The summed E-state index contributed by atoms with van der Waals surface area (Å²) in [6, 6.07) is 14.3. The number of nitrogens with zero attached hydrogens (tertiary/aromatic N) is 1.